The van der Waals surface area contributed by atoms with Crippen LogP contribution >= 0.6 is 11.6 Å². The number of carbonyl (C=O) groups excluding carboxylic acids is 4. The average Bonchev–Trinajstić information content (AvgIpc) is 2.62. The Morgan fingerprint density at radius 1 is 1.10 bits per heavy atom. The SMILES string of the molecule is CCC(C)C(NC(=O)c1ccc(Cl)cc1)C(=O)OCC(=O)NC(=O)NC(C)(C)C. The predicted molar refractivity (Wildman–Crippen MR) is 110 cm³/mol. The molecule has 9 heteroatoms. The summed E-state index contributed by atoms with van der Waals surface area (Å²) in [6, 6.07) is 4.59. The van der Waals surface area contributed by atoms with Crippen LogP contribution in [0.3, 0.4) is 0 Å². The Labute approximate surface area is 175 Å². The van der Waals surface area contributed by atoms with Gasteiger partial charge in [0.15, 0.2) is 6.61 Å². The second kappa shape index (κ2) is 10.8. The van der Waals surface area contributed by atoms with Gasteiger partial charge in [-0.3, -0.25) is 14.9 Å². The molecule has 1 aromatic rings. The lowest BCUT2D eigenvalue weighted by Crippen LogP contribution is -2.50. The van der Waals surface area contributed by atoms with Crippen LogP contribution in [0.5, 0.6) is 0 Å². The number of hydrogen-bond donors (Lipinski definition) is 3. The van der Waals surface area contributed by atoms with Crippen LogP contribution in [0.1, 0.15) is 51.4 Å². The van der Waals surface area contributed by atoms with Gasteiger partial charge in [-0.25, -0.2) is 9.59 Å². The fourth-order valence-electron chi connectivity index (χ4n) is 2.26. The van der Waals surface area contributed by atoms with E-state index in [1.54, 1.807) is 39.8 Å². The van der Waals surface area contributed by atoms with E-state index in [-0.39, 0.29) is 5.92 Å². The van der Waals surface area contributed by atoms with E-state index in [0.29, 0.717) is 17.0 Å². The summed E-state index contributed by atoms with van der Waals surface area (Å²) in [5.41, 5.74) is -0.179. The van der Waals surface area contributed by atoms with Crippen LogP contribution in [0.25, 0.3) is 0 Å². The lowest BCUT2D eigenvalue weighted by molar-refractivity contribution is -0.151. The number of ether oxygens (including phenoxy) is 1. The van der Waals surface area contributed by atoms with Gasteiger partial charge in [-0.1, -0.05) is 31.9 Å². The minimum absolute atomic E-state index is 0.231. The summed E-state index contributed by atoms with van der Waals surface area (Å²) in [5, 5.41) is 7.76. The molecule has 4 amide bonds. The average molecular weight is 426 g/mol. The van der Waals surface area contributed by atoms with E-state index < -0.39 is 42.0 Å². The minimum atomic E-state index is -0.945. The number of halogens is 1. The van der Waals surface area contributed by atoms with Gasteiger partial charge in [0.2, 0.25) is 0 Å². The molecule has 0 aromatic heterocycles. The van der Waals surface area contributed by atoms with Gasteiger partial charge in [0.25, 0.3) is 11.8 Å². The Morgan fingerprint density at radius 2 is 1.69 bits per heavy atom. The predicted octanol–water partition coefficient (Wildman–Crippen LogP) is 2.65. The molecule has 0 saturated heterocycles. The van der Waals surface area contributed by atoms with E-state index in [2.05, 4.69) is 16.0 Å². The van der Waals surface area contributed by atoms with Crippen molar-refractivity contribution in [3.63, 3.8) is 0 Å². The number of benzene rings is 1. The second-order valence-corrected chi connectivity index (χ2v) is 8.14. The molecule has 8 nitrogen and oxygen atoms in total. The lowest BCUT2D eigenvalue weighted by atomic mass is 9.99. The van der Waals surface area contributed by atoms with E-state index in [1.807, 2.05) is 6.92 Å². The van der Waals surface area contributed by atoms with Crippen molar-refractivity contribution in [2.45, 2.75) is 52.6 Å². The number of hydrogen-bond acceptors (Lipinski definition) is 5. The summed E-state index contributed by atoms with van der Waals surface area (Å²) in [5.74, 6) is -2.22. The first-order valence-corrected chi connectivity index (χ1v) is 9.65. The van der Waals surface area contributed by atoms with Crippen LogP contribution in [-0.4, -0.2) is 42.0 Å². The van der Waals surface area contributed by atoms with E-state index in [4.69, 9.17) is 16.3 Å². The topological polar surface area (TPSA) is 114 Å². The van der Waals surface area contributed by atoms with Crippen LogP contribution < -0.4 is 16.0 Å². The third kappa shape index (κ3) is 8.95. The highest BCUT2D eigenvalue weighted by Gasteiger charge is 2.28. The first-order valence-electron chi connectivity index (χ1n) is 9.28. The molecule has 3 N–H and O–H groups in total. The molecule has 0 radical (unpaired) electrons. The zero-order chi connectivity index (χ0) is 22.2. The van der Waals surface area contributed by atoms with E-state index in [0.717, 1.165) is 0 Å². The van der Waals surface area contributed by atoms with E-state index in [1.165, 1.54) is 12.1 Å². The van der Waals surface area contributed by atoms with Gasteiger partial charge in [0.1, 0.15) is 6.04 Å². The van der Waals surface area contributed by atoms with Gasteiger partial charge < -0.3 is 15.4 Å². The number of amides is 4. The second-order valence-electron chi connectivity index (χ2n) is 7.70. The van der Waals surface area contributed by atoms with Gasteiger partial charge in [0, 0.05) is 16.1 Å². The molecule has 0 aliphatic heterocycles. The monoisotopic (exact) mass is 425 g/mol. The summed E-state index contributed by atoms with van der Waals surface area (Å²) >= 11 is 5.82. The molecule has 0 heterocycles. The Bertz CT molecular complexity index is 743. The number of carbonyl (C=O) groups is 4. The number of imide groups is 1. The largest absolute Gasteiger partial charge is 0.454 e. The first kappa shape index (κ1) is 24.4. The summed E-state index contributed by atoms with van der Waals surface area (Å²) in [6.07, 6.45) is 0.598. The van der Waals surface area contributed by atoms with Gasteiger partial charge in [0.05, 0.1) is 0 Å². The molecule has 0 bridgehead atoms. The Morgan fingerprint density at radius 3 is 2.21 bits per heavy atom. The normalized spacial score (nSPS) is 13.0. The molecule has 2 unspecified atom stereocenters. The van der Waals surface area contributed by atoms with E-state index >= 15 is 0 Å². The molecular weight excluding hydrogens is 398 g/mol. The molecule has 0 aliphatic carbocycles. The lowest BCUT2D eigenvalue weighted by Gasteiger charge is -2.23. The van der Waals surface area contributed by atoms with Crippen LogP contribution in [0, 0.1) is 5.92 Å². The molecule has 1 rings (SSSR count). The zero-order valence-corrected chi connectivity index (χ0v) is 18.1. The molecule has 29 heavy (non-hydrogen) atoms. The third-order valence-corrected chi connectivity index (χ3v) is 4.20. The van der Waals surface area contributed by atoms with Crippen molar-refractivity contribution in [3.8, 4) is 0 Å². The zero-order valence-electron chi connectivity index (χ0n) is 17.3. The standard InChI is InChI=1S/C20H28ClN3O5/c1-6-12(2)16(23-17(26)13-7-9-14(21)10-8-13)18(27)29-11-15(25)22-19(28)24-20(3,4)5/h7-10,12,16H,6,11H2,1-5H3,(H,23,26)(H2,22,24,25,28). The fraction of sp³-hybridized carbons (Fsp3) is 0.500. The maximum Gasteiger partial charge on any atom is 0.329 e. The minimum Gasteiger partial charge on any atom is -0.454 e. The fourth-order valence-corrected chi connectivity index (χ4v) is 2.38. The van der Waals surface area contributed by atoms with Crippen molar-refractivity contribution in [3.05, 3.63) is 34.9 Å². The van der Waals surface area contributed by atoms with Gasteiger partial charge >= 0.3 is 12.0 Å². The smallest absolute Gasteiger partial charge is 0.329 e. The van der Waals surface area contributed by atoms with Crippen LogP contribution in [0.4, 0.5) is 4.79 Å². The first-order chi connectivity index (χ1) is 13.4. The summed E-state index contributed by atoms with van der Waals surface area (Å²) in [4.78, 5) is 48.4. The molecule has 0 aliphatic rings. The molecule has 0 spiro atoms. The van der Waals surface area contributed by atoms with Crippen molar-refractivity contribution in [1.29, 1.82) is 0 Å². The Balaban J connectivity index is 2.67. The van der Waals surface area contributed by atoms with Crippen molar-refractivity contribution >= 4 is 35.4 Å². The molecule has 2 atom stereocenters. The maximum atomic E-state index is 12.4. The van der Waals surface area contributed by atoms with Crippen molar-refractivity contribution < 1.29 is 23.9 Å². The number of nitrogens with one attached hydrogen (secondary N) is 3. The van der Waals surface area contributed by atoms with Gasteiger partial charge in [-0.15, -0.1) is 0 Å². The van der Waals surface area contributed by atoms with Crippen molar-refractivity contribution in [2.24, 2.45) is 5.92 Å². The third-order valence-electron chi connectivity index (χ3n) is 3.95. The summed E-state index contributed by atoms with van der Waals surface area (Å²) in [6.45, 7) is 8.29. The Hall–Kier alpha value is -2.61. The Kier molecular flexibility index (Phi) is 9.10. The summed E-state index contributed by atoms with van der Waals surface area (Å²) in [7, 11) is 0. The molecule has 0 saturated carbocycles. The van der Waals surface area contributed by atoms with Crippen LogP contribution in [0.15, 0.2) is 24.3 Å². The highest BCUT2D eigenvalue weighted by atomic mass is 35.5. The maximum absolute atomic E-state index is 12.4. The van der Waals surface area contributed by atoms with Crippen molar-refractivity contribution in [2.75, 3.05) is 6.61 Å². The number of urea groups is 1. The molecular formula is C20H28ClN3O5. The molecule has 160 valence electrons. The summed E-state index contributed by atoms with van der Waals surface area (Å²) < 4.78 is 5.01. The van der Waals surface area contributed by atoms with Gasteiger partial charge in [-0.05, 0) is 51.0 Å². The number of rotatable bonds is 7. The van der Waals surface area contributed by atoms with Crippen LogP contribution in [0.2, 0.25) is 5.02 Å². The molecule has 0 fully saturated rings. The van der Waals surface area contributed by atoms with Crippen LogP contribution in [-0.2, 0) is 14.3 Å². The highest BCUT2D eigenvalue weighted by Crippen LogP contribution is 2.13. The quantitative estimate of drug-likeness (QED) is 0.581. The van der Waals surface area contributed by atoms with Gasteiger partial charge in [-0.2, -0.15) is 0 Å². The molecule has 1 aromatic carbocycles. The van der Waals surface area contributed by atoms with Crippen molar-refractivity contribution in [1.82, 2.24) is 16.0 Å². The number of esters is 1. The highest BCUT2D eigenvalue weighted by molar-refractivity contribution is 6.30. The van der Waals surface area contributed by atoms with E-state index in [9.17, 15) is 19.2 Å².